The SMILES string of the molecule is CC(=O)N1CCCN(CC(=O)N[C@H]2CC(=O)OC2O)C(=O)[C@@H](NC(=O)c2ccc3ccccc3c2)C1. The Kier molecular flexibility index (Phi) is 7.49. The van der Waals surface area contributed by atoms with Crippen molar-refractivity contribution in [2.75, 3.05) is 26.2 Å². The summed E-state index contributed by atoms with van der Waals surface area (Å²) in [6.07, 6.45) is -1.17. The lowest BCUT2D eigenvalue weighted by molar-refractivity contribution is -0.155. The van der Waals surface area contributed by atoms with Crippen LogP contribution in [-0.4, -0.2) is 89.1 Å². The largest absolute Gasteiger partial charge is 0.434 e. The lowest BCUT2D eigenvalue weighted by Gasteiger charge is -2.34. The van der Waals surface area contributed by atoms with Crippen molar-refractivity contribution in [2.45, 2.75) is 38.1 Å². The third kappa shape index (κ3) is 5.80. The summed E-state index contributed by atoms with van der Waals surface area (Å²) in [6.45, 7) is 1.57. The molecule has 4 amide bonds. The zero-order chi connectivity index (χ0) is 25.8. The van der Waals surface area contributed by atoms with E-state index < -0.39 is 42.1 Å². The molecule has 0 bridgehead atoms. The molecule has 0 aliphatic carbocycles. The molecule has 2 saturated heterocycles. The van der Waals surface area contributed by atoms with Crippen LogP contribution in [0.5, 0.6) is 0 Å². The molecule has 3 atom stereocenters. The highest BCUT2D eigenvalue weighted by Gasteiger charge is 2.36. The molecule has 2 aromatic rings. The maximum Gasteiger partial charge on any atom is 0.310 e. The second-order valence-corrected chi connectivity index (χ2v) is 8.92. The smallest absolute Gasteiger partial charge is 0.310 e. The molecule has 0 aromatic heterocycles. The van der Waals surface area contributed by atoms with Gasteiger partial charge in [-0.2, -0.15) is 0 Å². The number of aliphatic hydroxyl groups is 1. The summed E-state index contributed by atoms with van der Waals surface area (Å²) in [7, 11) is 0. The van der Waals surface area contributed by atoms with Gasteiger partial charge in [-0.3, -0.25) is 24.0 Å². The highest BCUT2D eigenvalue weighted by atomic mass is 16.6. The molecular weight excluding hydrogens is 468 g/mol. The van der Waals surface area contributed by atoms with Crippen LogP contribution in [0.15, 0.2) is 42.5 Å². The number of rotatable bonds is 5. The van der Waals surface area contributed by atoms with Gasteiger partial charge in [0.2, 0.25) is 24.0 Å². The molecule has 0 radical (unpaired) electrons. The van der Waals surface area contributed by atoms with Gasteiger partial charge in [0.05, 0.1) is 13.0 Å². The predicted molar refractivity (Wildman–Crippen MR) is 127 cm³/mol. The number of amides is 4. The van der Waals surface area contributed by atoms with Crippen LogP contribution in [0.2, 0.25) is 0 Å². The number of cyclic esters (lactones) is 1. The maximum absolute atomic E-state index is 13.4. The Bertz CT molecular complexity index is 1200. The van der Waals surface area contributed by atoms with Crippen molar-refractivity contribution in [3.8, 4) is 0 Å². The normalized spacial score (nSPS) is 22.6. The molecule has 4 rings (SSSR count). The Morgan fingerprint density at radius 1 is 1.06 bits per heavy atom. The molecule has 2 fully saturated rings. The van der Waals surface area contributed by atoms with Gasteiger partial charge in [0.15, 0.2) is 0 Å². The Morgan fingerprint density at radius 3 is 2.50 bits per heavy atom. The van der Waals surface area contributed by atoms with Gasteiger partial charge in [-0.05, 0) is 29.3 Å². The van der Waals surface area contributed by atoms with E-state index in [2.05, 4.69) is 15.4 Å². The van der Waals surface area contributed by atoms with Gasteiger partial charge in [0, 0.05) is 32.1 Å². The van der Waals surface area contributed by atoms with Crippen LogP contribution in [0.1, 0.15) is 30.1 Å². The van der Waals surface area contributed by atoms with Crippen LogP contribution in [0.4, 0.5) is 0 Å². The fourth-order valence-electron chi connectivity index (χ4n) is 4.39. The van der Waals surface area contributed by atoms with Crippen molar-refractivity contribution in [3.05, 3.63) is 48.0 Å². The van der Waals surface area contributed by atoms with Gasteiger partial charge in [-0.15, -0.1) is 0 Å². The quantitative estimate of drug-likeness (QED) is 0.485. The van der Waals surface area contributed by atoms with Crippen LogP contribution in [-0.2, 0) is 23.9 Å². The van der Waals surface area contributed by atoms with E-state index in [1.165, 1.54) is 16.7 Å². The van der Waals surface area contributed by atoms with Crippen LogP contribution in [0.25, 0.3) is 10.8 Å². The molecule has 0 spiro atoms. The first-order valence-corrected chi connectivity index (χ1v) is 11.7. The number of carbonyl (C=O) groups excluding carboxylic acids is 5. The van der Waals surface area contributed by atoms with E-state index in [0.29, 0.717) is 18.5 Å². The van der Waals surface area contributed by atoms with Crippen LogP contribution < -0.4 is 10.6 Å². The fraction of sp³-hybridized carbons (Fsp3) is 0.400. The molecular formula is C25H28N4O7. The maximum atomic E-state index is 13.4. The number of aliphatic hydroxyl groups excluding tert-OH is 1. The Balaban J connectivity index is 1.48. The lowest BCUT2D eigenvalue weighted by Crippen LogP contribution is -2.58. The first kappa shape index (κ1) is 25.1. The molecule has 36 heavy (non-hydrogen) atoms. The summed E-state index contributed by atoms with van der Waals surface area (Å²) < 4.78 is 4.62. The number of hydrogen-bond donors (Lipinski definition) is 3. The van der Waals surface area contributed by atoms with Crippen LogP contribution >= 0.6 is 0 Å². The minimum atomic E-state index is -1.44. The molecule has 2 heterocycles. The van der Waals surface area contributed by atoms with Gasteiger partial charge < -0.3 is 30.3 Å². The lowest BCUT2D eigenvalue weighted by atomic mass is 10.1. The Morgan fingerprint density at radius 2 is 1.81 bits per heavy atom. The molecule has 1 unspecified atom stereocenters. The molecule has 11 heteroatoms. The van der Waals surface area contributed by atoms with E-state index in [4.69, 9.17) is 0 Å². The minimum absolute atomic E-state index is 0.0325. The summed E-state index contributed by atoms with van der Waals surface area (Å²) in [4.78, 5) is 65.3. The molecule has 3 N–H and O–H groups in total. The van der Waals surface area contributed by atoms with Gasteiger partial charge in [-0.25, -0.2) is 0 Å². The number of fused-ring (bicyclic) bond motifs is 1. The van der Waals surface area contributed by atoms with E-state index in [1.54, 1.807) is 12.1 Å². The van der Waals surface area contributed by atoms with Crippen molar-refractivity contribution < 1.29 is 33.8 Å². The number of nitrogens with zero attached hydrogens (tertiary/aromatic N) is 2. The summed E-state index contributed by atoms with van der Waals surface area (Å²) in [6, 6.07) is 10.8. The standard InChI is InChI=1S/C25H28N4O7/c1-15(30)28-9-4-10-29(14-21(31)26-19-12-22(32)36-25(19)35)24(34)20(13-28)27-23(33)18-8-7-16-5-2-3-6-17(16)11-18/h2-3,5-8,11,19-20,25,35H,4,9-10,12-14H2,1H3,(H,26,31)(H,27,33)/t19-,20-,25?/m0/s1. The van der Waals surface area contributed by atoms with Gasteiger partial charge >= 0.3 is 5.97 Å². The first-order chi connectivity index (χ1) is 17.2. The van der Waals surface area contributed by atoms with Crippen molar-refractivity contribution >= 4 is 40.4 Å². The molecule has 11 nitrogen and oxygen atoms in total. The molecule has 190 valence electrons. The zero-order valence-electron chi connectivity index (χ0n) is 19.8. The van der Waals surface area contributed by atoms with Crippen LogP contribution in [0.3, 0.4) is 0 Å². The fourth-order valence-corrected chi connectivity index (χ4v) is 4.39. The monoisotopic (exact) mass is 496 g/mol. The van der Waals surface area contributed by atoms with E-state index in [1.807, 2.05) is 30.3 Å². The average molecular weight is 497 g/mol. The topological polar surface area (TPSA) is 145 Å². The molecule has 0 saturated carbocycles. The Hall–Kier alpha value is -3.99. The number of benzene rings is 2. The zero-order valence-corrected chi connectivity index (χ0v) is 19.8. The summed E-state index contributed by atoms with van der Waals surface area (Å²) in [5, 5.41) is 16.8. The first-order valence-electron chi connectivity index (χ1n) is 11.7. The van der Waals surface area contributed by atoms with Crippen molar-refractivity contribution in [3.63, 3.8) is 0 Å². The van der Waals surface area contributed by atoms with E-state index >= 15 is 0 Å². The molecule has 2 aliphatic heterocycles. The van der Waals surface area contributed by atoms with Crippen molar-refractivity contribution in [2.24, 2.45) is 0 Å². The second kappa shape index (κ2) is 10.7. The minimum Gasteiger partial charge on any atom is -0.434 e. The summed E-state index contributed by atoms with van der Waals surface area (Å²) in [5.74, 6) is -2.41. The summed E-state index contributed by atoms with van der Waals surface area (Å²) in [5.41, 5.74) is 0.363. The number of ether oxygens (including phenoxy) is 1. The highest BCUT2D eigenvalue weighted by molar-refractivity contribution is 6.01. The number of carbonyl (C=O) groups is 5. The van der Waals surface area contributed by atoms with E-state index in [9.17, 15) is 29.1 Å². The number of nitrogens with one attached hydrogen (secondary N) is 2. The van der Waals surface area contributed by atoms with Crippen molar-refractivity contribution in [1.29, 1.82) is 0 Å². The van der Waals surface area contributed by atoms with Gasteiger partial charge in [0.1, 0.15) is 12.1 Å². The third-order valence-electron chi connectivity index (χ3n) is 6.29. The van der Waals surface area contributed by atoms with Gasteiger partial charge in [0.25, 0.3) is 5.91 Å². The Labute approximate surface area is 207 Å². The molecule has 2 aromatic carbocycles. The van der Waals surface area contributed by atoms with E-state index in [-0.39, 0.29) is 32.0 Å². The van der Waals surface area contributed by atoms with Crippen LogP contribution in [0, 0.1) is 0 Å². The average Bonchev–Trinajstić information content (AvgIpc) is 3.16. The number of esters is 1. The van der Waals surface area contributed by atoms with E-state index in [0.717, 1.165) is 10.8 Å². The second-order valence-electron chi connectivity index (χ2n) is 8.92. The molecule has 2 aliphatic rings. The van der Waals surface area contributed by atoms with Gasteiger partial charge in [-0.1, -0.05) is 30.3 Å². The highest BCUT2D eigenvalue weighted by Crippen LogP contribution is 2.17. The number of hydrogen-bond acceptors (Lipinski definition) is 7. The summed E-state index contributed by atoms with van der Waals surface area (Å²) >= 11 is 0. The predicted octanol–water partition coefficient (Wildman–Crippen LogP) is -0.231. The van der Waals surface area contributed by atoms with Crippen molar-refractivity contribution in [1.82, 2.24) is 20.4 Å². The third-order valence-corrected chi connectivity index (χ3v) is 6.29.